The van der Waals surface area contributed by atoms with E-state index in [2.05, 4.69) is 28.0 Å². The van der Waals surface area contributed by atoms with Crippen LogP contribution in [0.5, 0.6) is 0 Å². The summed E-state index contributed by atoms with van der Waals surface area (Å²) < 4.78 is 40.9. The number of anilines is 1. The molecular weight excluding hydrogens is 453 g/mol. The monoisotopic (exact) mass is 478 g/mol. The highest BCUT2D eigenvalue weighted by Crippen LogP contribution is 2.35. The van der Waals surface area contributed by atoms with Crippen LogP contribution in [0, 0.1) is 0 Å². The minimum atomic E-state index is -4.66. The first kappa shape index (κ1) is 23.6. The Kier molecular flexibility index (Phi) is 6.17. The van der Waals surface area contributed by atoms with Crippen molar-refractivity contribution in [3.8, 4) is 0 Å². The van der Waals surface area contributed by atoms with Crippen LogP contribution >= 0.6 is 12.6 Å². The fraction of sp³-hybridized carbons (Fsp3) is 0.435. The Balaban J connectivity index is 1.68. The van der Waals surface area contributed by atoms with Crippen LogP contribution in [0.15, 0.2) is 36.5 Å². The molecule has 1 fully saturated rings. The number of carbonyl (C=O) groups is 1. The van der Waals surface area contributed by atoms with Crippen LogP contribution in [0.3, 0.4) is 0 Å². The van der Waals surface area contributed by atoms with Gasteiger partial charge in [0.25, 0.3) is 5.91 Å². The molecule has 0 spiro atoms. The van der Waals surface area contributed by atoms with Crippen LogP contribution in [0.1, 0.15) is 67.3 Å². The minimum absolute atomic E-state index is 0.249. The number of nitrogens with one attached hydrogen (secondary N) is 1. The third-order valence-corrected chi connectivity index (χ3v) is 6.40. The van der Waals surface area contributed by atoms with Gasteiger partial charge in [0.15, 0.2) is 0 Å². The molecule has 2 heterocycles. The molecule has 10 heteroatoms. The van der Waals surface area contributed by atoms with Crippen molar-refractivity contribution in [1.29, 1.82) is 0 Å². The number of halogens is 3. The molecule has 176 valence electrons. The van der Waals surface area contributed by atoms with Gasteiger partial charge in [0, 0.05) is 28.1 Å². The second-order valence-electron chi connectivity index (χ2n) is 8.95. The maximum absolute atomic E-state index is 13.0. The zero-order valence-corrected chi connectivity index (χ0v) is 19.1. The van der Waals surface area contributed by atoms with Gasteiger partial charge in [0.1, 0.15) is 11.4 Å². The summed E-state index contributed by atoms with van der Waals surface area (Å²) in [7, 11) is 0. The number of nitrogens with zero attached hydrogens (tertiary/aromatic N) is 3. The molecule has 4 rings (SSSR count). The van der Waals surface area contributed by atoms with E-state index in [0.717, 1.165) is 43.2 Å². The van der Waals surface area contributed by atoms with E-state index in [1.54, 1.807) is 26.0 Å². The largest absolute Gasteiger partial charge is 0.433 e. The normalized spacial score (nSPS) is 19.6. The maximum Gasteiger partial charge on any atom is 0.433 e. The van der Waals surface area contributed by atoms with Crippen molar-refractivity contribution >= 4 is 35.1 Å². The molecule has 2 N–H and O–H groups in total. The lowest BCUT2D eigenvalue weighted by atomic mass is 9.95. The Labute approximate surface area is 194 Å². The summed E-state index contributed by atoms with van der Waals surface area (Å²) in [5, 5.41) is 19.2. The number of fused-ring (bicyclic) bond motifs is 1. The molecule has 3 aromatic rings. The minimum Gasteiger partial charge on any atom is -0.386 e. The van der Waals surface area contributed by atoms with Gasteiger partial charge in [-0.15, -0.1) is 0 Å². The average Bonchev–Trinajstić information content (AvgIpc) is 3.15. The Hall–Kier alpha value is -2.59. The van der Waals surface area contributed by atoms with Gasteiger partial charge in [-0.05, 0) is 63.8 Å². The number of pyridine rings is 1. The van der Waals surface area contributed by atoms with Crippen molar-refractivity contribution in [1.82, 2.24) is 14.8 Å². The van der Waals surface area contributed by atoms with E-state index in [1.807, 2.05) is 10.9 Å². The predicted molar refractivity (Wildman–Crippen MR) is 122 cm³/mol. The molecule has 0 atom stereocenters. The van der Waals surface area contributed by atoms with Crippen molar-refractivity contribution in [2.75, 3.05) is 5.32 Å². The first-order chi connectivity index (χ1) is 15.4. The van der Waals surface area contributed by atoms with Crippen molar-refractivity contribution in [3.05, 3.63) is 53.5 Å². The van der Waals surface area contributed by atoms with Gasteiger partial charge in [0.05, 0.1) is 17.2 Å². The Bertz CT molecular complexity index is 1180. The SMILES string of the molecule is CC(C)(O)c1cc2nn(C3CCC(S)CC3)cc2cc1NC(=O)c1cccc(C(F)(F)F)n1. The third kappa shape index (κ3) is 5.16. The molecule has 1 aliphatic rings. The topological polar surface area (TPSA) is 80.0 Å². The number of thiol groups is 1. The Morgan fingerprint density at radius 2 is 1.88 bits per heavy atom. The summed E-state index contributed by atoms with van der Waals surface area (Å²) in [6, 6.07) is 6.78. The van der Waals surface area contributed by atoms with E-state index in [1.165, 1.54) is 6.07 Å². The number of hydrogen-bond acceptors (Lipinski definition) is 5. The van der Waals surface area contributed by atoms with Crippen LogP contribution in [-0.2, 0) is 11.8 Å². The van der Waals surface area contributed by atoms with Gasteiger partial charge in [0.2, 0.25) is 0 Å². The number of rotatable bonds is 4. The highest BCUT2D eigenvalue weighted by molar-refractivity contribution is 7.80. The molecule has 2 aromatic heterocycles. The molecule has 1 aromatic carbocycles. The zero-order valence-electron chi connectivity index (χ0n) is 18.2. The first-order valence-electron chi connectivity index (χ1n) is 10.7. The van der Waals surface area contributed by atoms with Crippen LogP contribution in [0.4, 0.5) is 18.9 Å². The maximum atomic E-state index is 13.0. The van der Waals surface area contributed by atoms with Crippen LogP contribution in [0.25, 0.3) is 10.9 Å². The van der Waals surface area contributed by atoms with Crippen LogP contribution < -0.4 is 5.32 Å². The molecule has 0 radical (unpaired) electrons. The Morgan fingerprint density at radius 3 is 2.52 bits per heavy atom. The van der Waals surface area contributed by atoms with Crippen LogP contribution in [-0.4, -0.2) is 31.0 Å². The van der Waals surface area contributed by atoms with E-state index >= 15 is 0 Å². The summed E-state index contributed by atoms with van der Waals surface area (Å²) in [4.78, 5) is 16.2. The summed E-state index contributed by atoms with van der Waals surface area (Å²) in [5.74, 6) is -0.801. The summed E-state index contributed by atoms with van der Waals surface area (Å²) >= 11 is 4.54. The van der Waals surface area contributed by atoms with Crippen molar-refractivity contribution in [3.63, 3.8) is 0 Å². The molecule has 1 aliphatic carbocycles. The molecule has 0 bridgehead atoms. The lowest BCUT2D eigenvalue weighted by Gasteiger charge is -2.25. The number of hydrogen-bond donors (Lipinski definition) is 3. The number of aliphatic hydroxyl groups is 1. The predicted octanol–water partition coefficient (Wildman–Crippen LogP) is 5.34. The van der Waals surface area contributed by atoms with Gasteiger partial charge >= 0.3 is 6.18 Å². The molecular formula is C23H25F3N4O2S. The summed E-state index contributed by atoms with van der Waals surface area (Å²) in [6.45, 7) is 3.13. The molecule has 1 amide bonds. The number of amides is 1. The van der Waals surface area contributed by atoms with E-state index in [0.29, 0.717) is 16.3 Å². The van der Waals surface area contributed by atoms with Gasteiger partial charge < -0.3 is 10.4 Å². The number of benzene rings is 1. The third-order valence-electron chi connectivity index (χ3n) is 5.88. The van der Waals surface area contributed by atoms with Crippen molar-refractivity contribution in [2.24, 2.45) is 0 Å². The zero-order chi connectivity index (χ0) is 24.0. The van der Waals surface area contributed by atoms with E-state index in [4.69, 9.17) is 0 Å². The molecule has 0 saturated heterocycles. The van der Waals surface area contributed by atoms with Gasteiger partial charge in [-0.2, -0.15) is 30.9 Å². The fourth-order valence-corrected chi connectivity index (χ4v) is 4.41. The molecule has 33 heavy (non-hydrogen) atoms. The second kappa shape index (κ2) is 8.64. The number of aromatic nitrogens is 3. The molecule has 0 unspecified atom stereocenters. The standard InChI is InChI=1S/C23H25F3N4O2S/c1-22(2,32)16-11-18-13(12-30(29-18)14-6-8-15(33)9-7-14)10-19(16)28-21(31)17-4-3-5-20(27-17)23(24,25)26/h3-5,10-12,14-15,32-33H,6-9H2,1-2H3,(H,28,31). The Morgan fingerprint density at radius 1 is 1.18 bits per heavy atom. The van der Waals surface area contributed by atoms with E-state index < -0.39 is 23.4 Å². The number of carbonyl (C=O) groups excluding carboxylic acids is 1. The first-order valence-corrected chi connectivity index (χ1v) is 11.2. The van der Waals surface area contributed by atoms with Crippen molar-refractivity contribution in [2.45, 2.75) is 62.6 Å². The molecule has 0 aliphatic heterocycles. The highest BCUT2D eigenvalue weighted by Gasteiger charge is 2.33. The van der Waals surface area contributed by atoms with Gasteiger partial charge in [-0.3, -0.25) is 9.48 Å². The quantitative estimate of drug-likeness (QED) is 0.442. The average molecular weight is 479 g/mol. The van der Waals surface area contributed by atoms with E-state index in [9.17, 15) is 23.1 Å². The van der Waals surface area contributed by atoms with Crippen LogP contribution in [0.2, 0.25) is 0 Å². The summed E-state index contributed by atoms with van der Waals surface area (Å²) in [6.07, 6.45) is 1.17. The van der Waals surface area contributed by atoms with E-state index in [-0.39, 0.29) is 17.4 Å². The van der Waals surface area contributed by atoms with Gasteiger partial charge in [-0.1, -0.05) is 6.07 Å². The summed E-state index contributed by atoms with van der Waals surface area (Å²) in [5.41, 5.74) is -1.49. The molecule has 1 saturated carbocycles. The lowest BCUT2D eigenvalue weighted by molar-refractivity contribution is -0.141. The second-order valence-corrected chi connectivity index (χ2v) is 9.68. The number of alkyl halides is 3. The lowest BCUT2D eigenvalue weighted by Crippen LogP contribution is -2.22. The fourth-order valence-electron chi connectivity index (χ4n) is 4.12. The van der Waals surface area contributed by atoms with Crippen molar-refractivity contribution < 1.29 is 23.1 Å². The van der Waals surface area contributed by atoms with Gasteiger partial charge in [-0.25, -0.2) is 4.98 Å². The smallest absolute Gasteiger partial charge is 0.386 e. The molecule has 6 nitrogen and oxygen atoms in total. The highest BCUT2D eigenvalue weighted by atomic mass is 32.1.